The third-order valence-electron chi connectivity index (χ3n) is 5.18. The van der Waals surface area contributed by atoms with E-state index in [0.717, 1.165) is 31.0 Å². The molecule has 1 fully saturated rings. The van der Waals surface area contributed by atoms with Gasteiger partial charge in [-0.15, -0.1) is 12.4 Å². The zero-order chi connectivity index (χ0) is 18.7. The molecule has 0 aliphatic carbocycles. The summed E-state index contributed by atoms with van der Waals surface area (Å²) in [5.74, 6) is 1.09. The Morgan fingerprint density at radius 1 is 1.41 bits per heavy atom. The Morgan fingerprint density at radius 3 is 2.74 bits per heavy atom. The lowest BCUT2D eigenvalue weighted by molar-refractivity contribution is -0.134. The molecule has 0 spiro atoms. The molecule has 0 radical (unpaired) electrons. The van der Waals surface area contributed by atoms with Crippen molar-refractivity contribution in [3.8, 4) is 0 Å². The predicted octanol–water partition coefficient (Wildman–Crippen LogP) is 2.66. The molecule has 1 aromatic carbocycles. The van der Waals surface area contributed by atoms with Gasteiger partial charge in [0.05, 0.1) is 18.6 Å². The predicted molar refractivity (Wildman–Crippen MR) is 110 cm³/mol. The summed E-state index contributed by atoms with van der Waals surface area (Å²) in [6.07, 6.45) is 3.75. The van der Waals surface area contributed by atoms with Gasteiger partial charge < -0.3 is 14.8 Å². The maximum absolute atomic E-state index is 12.9. The molecule has 2 atom stereocenters. The van der Waals surface area contributed by atoms with E-state index in [4.69, 9.17) is 11.6 Å². The SMILES string of the molecule is CC(c1ccc(Cl)cc1)N(C)C(=O)CN1CCNCC1c1nccn1C.Cl. The summed E-state index contributed by atoms with van der Waals surface area (Å²) in [5, 5.41) is 4.11. The normalized spacial score (nSPS) is 18.6. The van der Waals surface area contributed by atoms with Crippen LogP contribution < -0.4 is 5.32 Å². The van der Waals surface area contributed by atoms with E-state index in [0.29, 0.717) is 11.6 Å². The first-order chi connectivity index (χ1) is 12.5. The molecule has 1 aliphatic rings. The number of amides is 1. The van der Waals surface area contributed by atoms with Gasteiger partial charge in [-0.1, -0.05) is 23.7 Å². The summed E-state index contributed by atoms with van der Waals surface area (Å²) >= 11 is 5.96. The molecule has 1 aromatic heterocycles. The molecule has 1 amide bonds. The Kier molecular flexibility index (Phi) is 7.68. The molecule has 8 heteroatoms. The van der Waals surface area contributed by atoms with Gasteiger partial charge in [-0.2, -0.15) is 0 Å². The Labute approximate surface area is 171 Å². The van der Waals surface area contributed by atoms with E-state index >= 15 is 0 Å². The molecule has 27 heavy (non-hydrogen) atoms. The molecular formula is C19H27Cl2N5O. The van der Waals surface area contributed by atoms with E-state index in [-0.39, 0.29) is 30.4 Å². The van der Waals surface area contributed by atoms with Gasteiger partial charge in [0.1, 0.15) is 5.82 Å². The van der Waals surface area contributed by atoms with Gasteiger partial charge in [-0.3, -0.25) is 9.69 Å². The number of piperazine rings is 1. The molecule has 6 nitrogen and oxygen atoms in total. The lowest BCUT2D eigenvalue weighted by Gasteiger charge is -2.36. The average molecular weight is 412 g/mol. The molecule has 0 saturated carbocycles. The molecule has 2 unspecified atom stereocenters. The van der Waals surface area contributed by atoms with Crippen LogP contribution in [-0.2, 0) is 11.8 Å². The van der Waals surface area contributed by atoms with Crippen LogP contribution in [0.4, 0.5) is 0 Å². The summed E-state index contributed by atoms with van der Waals surface area (Å²) in [5.41, 5.74) is 1.08. The Balaban J connectivity index is 0.00000261. The number of halogens is 2. The topological polar surface area (TPSA) is 53.4 Å². The highest BCUT2D eigenvalue weighted by molar-refractivity contribution is 6.30. The molecule has 1 N–H and O–H groups in total. The van der Waals surface area contributed by atoms with Crippen LogP contribution in [0.25, 0.3) is 0 Å². The van der Waals surface area contributed by atoms with E-state index in [1.54, 1.807) is 11.1 Å². The number of benzene rings is 1. The first kappa shape index (κ1) is 21.7. The van der Waals surface area contributed by atoms with E-state index in [1.807, 2.05) is 56.0 Å². The molecule has 0 bridgehead atoms. The van der Waals surface area contributed by atoms with Crippen LogP contribution in [0.15, 0.2) is 36.7 Å². The van der Waals surface area contributed by atoms with Gasteiger partial charge in [0, 0.05) is 51.1 Å². The maximum atomic E-state index is 12.9. The summed E-state index contributed by atoms with van der Waals surface area (Å²) in [6, 6.07) is 7.76. The summed E-state index contributed by atoms with van der Waals surface area (Å²) in [4.78, 5) is 21.4. The van der Waals surface area contributed by atoms with Gasteiger partial charge >= 0.3 is 0 Å². The second-order valence-corrected chi connectivity index (χ2v) is 7.26. The highest BCUT2D eigenvalue weighted by Crippen LogP contribution is 2.23. The zero-order valence-electron chi connectivity index (χ0n) is 15.9. The number of nitrogens with one attached hydrogen (secondary N) is 1. The third-order valence-corrected chi connectivity index (χ3v) is 5.43. The van der Waals surface area contributed by atoms with Crippen LogP contribution in [0.1, 0.15) is 30.4 Å². The van der Waals surface area contributed by atoms with Crippen LogP contribution in [-0.4, -0.2) is 58.5 Å². The number of likely N-dealkylation sites (N-methyl/N-ethyl adjacent to an activating group) is 1. The van der Waals surface area contributed by atoms with Crippen molar-refractivity contribution in [1.82, 2.24) is 24.7 Å². The van der Waals surface area contributed by atoms with E-state index in [2.05, 4.69) is 15.2 Å². The number of hydrogen-bond donors (Lipinski definition) is 1. The number of hydrogen-bond acceptors (Lipinski definition) is 4. The van der Waals surface area contributed by atoms with Crippen molar-refractivity contribution in [3.63, 3.8) is 0 Å². The van der Waals surface area contributed by atoms with Crippen LogP contribution in [0.2, 0.25) is 5.02 Å². The zero-order valence-corrected chi connectivity index (χ0v) is 17.5. The Morgan fingerprint density at radius 2 is 2.11 bits per heavy atom. The monoisotopic (exact) mass is 411 g/mol. The number of aromatic nitrogens is 2. The fraction of sp³-hybridized carbons (Fsp3) is 0.474. The van der Waals surface area contributed by atoms with E-state index in [1.165, 1.54) is 0 Å². The van der Waals surface area contributed by atoms with Gasteiger partial charge in [0.2, 0.25) is 5.91 Å². The second-order valence-electron chi connectivity index (χ2n) is 6.82. The quantitative estimate of drug-likeness (QED) is 0.821. The van der Waals surface area contributed by atoms with Crippen molar-refractivity contribution in [2.24, 2.45) is 7.05 Å². The lowest BCUT2D eigenvalue weighted by Crippen LogP contribution is -2.50. The number of carbonyl (C=O) groups excluding carboxylic acids is 1. The molecule has 2 aromatic rings. The molecule has 148 valence electrons. The fourth-order valence-electron chi connectivity index (χ4n) is 3.35. The number of carbonyl (C=O) groups is 1. The number of imidazole rings is 1. The van der Waals surface area contributed by atoms with Gasteiger partial charge in [-0.05, 0) is 24.6 Å². The smallest absolute Gasteiger partial charge is 0.237 e. The van der Waals surface area contributed by atoms with E-state index in [9.17, 15) is 4.79 Å². The van der Waals surface area contributed by atoms with Crippen molar-refractivity contribution in [2.75, 3.05) is 33.2 Å². The Bertz CT molecular complexity index is 749. The summed E-state index contributed by atoms with van der Waals surface area (Å²) in [7, 11) is 3.85. The number of rotatable bonds is 5. The van der Waals surface area contributed by atoms with Crippen molar-refractivity contribution in [2.45, 2.75) is 19.0 Å². The average Bonchev–Trinajstić information content (AvgIpc) is 3.07. The lowest BCUT2D eigenvalue weighted by atomic mass is 10.1. The van der Waals surface area contributed by atoms with Crippen LogP contribution in [0.3, 0.4) is 0 Å². The number of aryl methyl sites for hydroxylation is 1. The highest BCUT2D eigenvalue weighted by Gasteiger charge is 2.29. The molecule has 1 aliphatic heterocycles. The molecular weight excluding hydrogens is 385 g/mol. The first-order valence-electron chi connectivity index (χ1n) is 8.90. The summed E-state index contributed by atoms with van der Waals surface area (Å²) in [6.45, 7) is 4.93. The minimum Gasteiger partial charge on any atom is -0.338 e. The third kappa shape index (κ3) is 5.02. The summed E-state index contributed by atoms with van der Waals surface area (Å²) < 4.78 is 2.02. The first-order valence-corrected chi connectivity index (χ1v) is 9.28. The van der Waals surface area contributed by atoms with Gasteiger partial charge in [0.25, 0.3) is 0 Å². The van der Waals surface area contributed by atoms with E-state index < -0.39 is 0 Å². The van der Waals surface area contributed by atoms with Crippen molar-refractivity contribution in [3.05, 3.63) is 53.1 Å². The second kappa shape index (κ2) is 9.55. The fourth-order valence-corrected chi connectivity index (χ4v) is 3.48. The van der Waals surface area contributed by atoms with Crippen LogP contribution in [0, 0.1) is 0 Å². The molecule has 3 rings (SSSR count). The Hall–Kier alpha value is -1.60. The van der Waals surface area contributed by atoms with Crippen molar-refractivity contribution >= 4 is 29.9 Å². The van der Waals surface area contributed by atoms with Gasteiger partial charge in [0.15, 0.2) is 0 Å². The number of nitrogens with zero attached hydrogens (tertiary/aromatic N) is 4. The highest BCUT2D eigenvalue weighted by atomic mass is 35.5. The maximum Gasteiger partial charge on any atom is 0.237 e. The standard InChI is InChI=1S/C19H26ClN5O.ClH/c1-14(15-4-6-16(20)7-5-15)24(3)18(26)13-25-11-8-21-12-17(25)19-22-9-10-23(19)2;/h4-7,9-10,14,17,21H,8,11-13H2,1-3H3;1H. The van der Waals surface area contributed by atoms with Crippen LogP contribution >= 0.6 is 24.0 Å². The molecule has 2 heterocycles. The minimum atomic E-state index is -0.00528. The largest absolute Gasteiger partial charge is 0.338 e. The van der Waals surface area contributed by atoms with Crippen molar-refractivity contribution < 1.29 is 4.79 Å². The van der Waals surface area contributed by atoms with Gasteiger partial charge in [-0.25, -0.2) is 4.98 Å². The van der Waals surface area contributed by atoms with Crippen LogP contribution in [0.5, 0.6) is 0 Å². The molecule has 1 saturated heterocycles. The van der Waals surface area contributed by atoms with Crippen molar-refractivity contribution in [1.29, 1.82) is 0 Å². The minimum absolute atomic E-state index is 0.